The monoisotopic (exact) mass is 368 g/mol. The molecule has 0 aromatic carbocycles. The van der Waals surface area contributed by atoms with Gasteiger partial charge in [-0.1, -0.05) is 18.9 Å². The molecule has 4 aliphatic rings. The second kappa shape index (κ2) is 6.73. The molecule has 0 bridgehead atoms. The average molecular weight is 369 g/mol. The first-order chi connectivity index (χ1) is 12.9. The fraction of sp³-hybridized carbons (Fsp3) is 0.708. The molecule has 3 heteroatoms. The molecular formula is C24H32O3. The Balaban J connectivity index is 1.62. The lowest BCUT2D eigenvalue weighted by Gasteiger charge is -2.54. The Hall–Kier alpha value is -1.69. The summed E-state index contributed by atoms with van der Waals surface area (Å²) in [6.45, 7) is 6.58. The van der Waals surface area contributed by atoms with E-state index in [1.807, 2.05) is 0 Å². The van der Waals surface area contributed by atoms with Gasteiger partial charge in [-0.25, -0.2) is 0 Å². The molecule has 6 atom stereocenters. The van der Waals surface area contributed by atoms with Gasteiger partial charge in [-0.2, -0.15) is 0 Å². The third-order valence-corrected chi connectivity index (χ3v) is 8.09. The highest BCUT2D eigenvalue weighted by atomic mass is 16.6. The van der Waals surface area contributed by atoms with E-state index in [4.69, 9.17) is 15.9 Å². The van der Waals surface area contributed by atoms with E-state index in [0.29, 0.717) is 17.8 Å². The topological polar surface area (TPSA) is 35.5 Å². The maximum Gasteiger partial charge on any atom is 0.304 e. The van der Waals surface area contributed by atoms with E-state index >= 15 is 0 Å². The fourth-order valence-electron chi connectivity index (χ4n) is 6.91. The standard InChI is InChI=1S/C24H32O3/c1-5-24(27-16(3)25)14-12-22-21-9-7-17-15-18(26-6-2)8-10-19(17)20(21)11-13-23(22,24)4/h1,7,15,19-22H,6,8-14H2,2-4H3/t19-,20+,21+,22-,23-,24-/m0/s1. The van der Waals surface area contributed by atoms with Crippen LogP contribution in [0.4, 0.5) is 0 Å². The molecule has 0 heterocycles. The van der Waals surface area contributed by atoms with E-state index < -0.39 is 5.60 Å². The van der Waals surface area contributed by atoms with Gasteiger partial charge in [0.05, 0.1) is 12.4 Å². The van der Waals surface area contributed by atoms with E-state index in [1.54, 1.807) is 0 Å². The van der Waals surface area contributed by atoms with Crippen LogP contribution in [0, 0.1) is 41.4 Å². The minimum Gasteiger partial charge on any atom is -0.498 e. The summed E-state index contributed by atoms with van der Waals surface area (Å²) in [5, 5.41) is 0. The minimum absolute atomic E-state index is 0.0963. The molecule has 0 aromatic heterocycles. The maximum atomic E-state index is 11.8. The van der Waals surface area contributed by atoms with Crippen molar-refractivity contribution in [2.24, 2.45) is 29.1 Å². The number of rotatable bonds is 3. The Labute approximate surface area is 163 Å². The number of carbonyl (C=O) groups excluding carboxylic acids is 1. The zero-order chi connectivity index (χ0) is 19.2. The van der Waals surface area contributed by atoms with Gasteiger partial charge >= 0.3 is 5.97 Å². The maximum absolute atomic E-state index is 11.8. The molecule has 146 valence electrons. The first-order valence-corrected chi connectivity index (χ1v) is 10.6. The highest BCUT2D eigenvalue weighted by Crippen LogP contribution is 2.65. The molecular weight excluding hydrogens is 336 g/mol. The molecule has 0 N–H and O–H groups in total. The van der Waals surface area contributed by atoms with Crippen LogP contribution in [0.2, 0.25) is 0 Å². The lowest BCUT2D eigenvalue weighted by atomic mass is 9.51. The quantitative estimate of drug-likeness (QED) is 0.518. The van der Waals surface area contributed by atoms with Crippen LogP contribution in [0.1, 0.15) is 65.7 Å². The van der Waals surface area contributed by atoms with Gasteiger partial charge in [0.25, 0.3) is 0 Å². The molecule has 0 radical (unpaired) electrons. The molecule has 2 fully saturated rings. The van der Waals surface area contributed by atoms with Crippen LogP contribution in [-0.4, -0.2) is 18.2 Å². The number of hydrogen-bond acceptors (Lipinski definition) is 3. The van der Waals surface area contributed by atoms with E-state index in [1.165, 1.54) is 25.3 Å². The van der Waals surface area contributed by atoms with Crippen LogP contribution in [0.25, 0.3) is 0 Å². The van der Waals surface area contributed by atoms with Crippen LogP contribution < -0.4 is 0 Å². The van der Waals surface area contributed by atoms with Crippen molar-refractivity contribution in [3.63, 3.8) is 0 Å². The second-order valence-corrected chi connectivity index (χ2v) is 9.12. The largest absolute Gasteiger partial charge is 0.498 e. The van der Waals surface area contributed by atoms with Crippen LogP contribution in [-0.2, 0) is 14.3 Å². The molecule has 0 amide bonds. The first kappa shape index (κ1) is 18.7. The number of esters is 1. The van der Waals surface area contributed by atoms with E-state index in [-0.39, 0.29) is 11.4 Å². The summed E-state index contributed by atoms with van der Waals surface area (Å²) in [4.78, 5) is 11.8. The number of hydrogen-bond donors (Lipinski definition) is 0. The first-order valence-electron chi connectivity index (χ1n) is 10.6. The SMILES string of the molecule is C#C[C@]1(OC(C)=O)CC[C@H]2[C@@H]3CC=C4C=C(OCC)CC[C@@H]4[C@H]3CC[C@@]21C. The normalized spacial score (nSPS) is 42.6. The van der Waals surface area contributed by atoms with Gasteiger partial charge in [0.2, 0.25) is 0 Å². The Kier molecular flexibility index (Phi) is 4.65. The smallest absolute Gasteiger partial charge is 0.304 e. The van der Waals surface area contributed by atoms with Gasteiger partial charge < -0.3 is 9.47 Å². The minimum atomic E-state index is -0.715. The van der Waals surface area contributed by atoms with Crippen molar-refractivity contribution in [1.82, 2.24) is 0 Å². The van der Waals surface area contributed by atoms with Crippen LogP contribution in [0.5, 0.6) is 0 Å². The van der Waals surface area contributed by atoms with E-state index in [0.717, 1.165) is 50.4 Å². The third kappa shape index (κ3) is 2.75. The zero-order valence-corrected chi connectivity index (χ0v) is 16.9. The van der Waals surface area contributed by atoms with Gasteiger partial charge in [-0.05, 0) is 80.8 Å². The summed E-state index contributed by atoms with van der Waals surface area (Å²) in [5.41, 5.74) is 0.685. The summed E-state index contributed by atoms with van der Waals surface area (Å²) >= 11 is 0. The van der Waals surface area contributed by atoms with Crippen LogP contribution >= 0.6 is 0 Å². The molecule has 0 spiro atoms. The van der Waals surface area contributed by atoms with E-state index in [9.17, 15) is 4.79 Å². The summed E-state index contributed by atoms with van der Waals surface area (Å²) in [7, 11) is 0. The van der Waals surface area contributed by atoms with Gasteiger partial charge in [0.1, 0.15) is 0 Å². The highest BCUT2D eigenvalue weighted by molar-refractivity contribution is 5.67. The number of carbonyl (C=O) groups is 1. The number of fused-ring (bicyclic) bond motifs is 5. The predicted octanol–water partition coefficient (Wildman–Crippen LogP) is 5.02. The van der Waals surface area contributed by atoms with Crippen molar-refractivity contribution >= 4 is 5.97 Å². The third-order valence-electron chi connectivity index (χ3n) is 8.09. The van der Waals surface area contributed by atoms with Gasteiger partial charge in [0, 0.05) is 18.8 Å². The summed E-state index contributed by atoms with van der Waals surface area (Å²) in [6, 6.07) is 0. The van der Waals surface area contributed by atoms with Crippen molar-refractivity contribution in [1.29, 1.82) is 0 Å². The summed E-state index contributed by atoms with van der Waals surface area (Å²) in [5.74, 6) is 6.43. The van der Waals surface area contributed by atoms with Crippen LogP contribution in [0.3, 0.4) is 0 Å². The van der Waals surface area contributed by atoms with Crippen molar-refractivity contribution in [3.05, 3.63) is 23.5 Å². The second-order valence-electron chi connectivity index (χ2n) is 9.12. The summed E-state index contributed by atoms with van der Waals surface area (Å²) in [6.07, 6.45) is 18.2. The molecule has 3 nitrogen and oxygen atoms in total. The number of terminal acetylenes is 1. The molecule has 2 saturated carbocycles. The predicted molar refractivity (Wildman–Crippen MR) is 106 cm³/mol. The zero-order valence-electron chi connectivity index (χ0n) is 16.9. The highest BCUT2D eigenvalue weighted by Gasteiger charge is 2.64. The fourth-order valence-corrected chi connectivity index (χ4v) is 6.91. The lowest BCUT2D eigenvalue weighted by Crippen LogP contribution is -2.53. The Morgan fingerprint density at radius 1 is 1.30 bits per heavy atom. The lowest BCUT2D eigenvalue weighted by molar-refractivity contribution is -0.167. The van der Waals surface area contributed by atoms with Gasteiger partial charge in [0.15, 0.2) is 5.60 Å². The van der Waals surface area contributed by atoms with Crippen molar-refractivity contribution in [2.75, 3.05) is 6.61 Å². The van der Waals surface area contributed by atoms with Crippen LogP contribution in [0.15, 0.2) is 23.5 Å². The molecule has 4 aliphatic carbocycles. The molecule has 0 unspecified atom stereocenters. The van der Waals surface area contributed by atoms with Gasteiger partial charge in [-0.3, -0.25) is 4.79 Å². The molecule has 0 aromatic rings. The molecule has 4 rings (SSSR count). The average Bonchev–Trinajstić information content (AvgIpc) is 2.94. The van der Waals surface area contributed by atoms with Crippen molar-refractivity contribution in [2.45, 2.75) is 71.3 Å². The van der Waals surface area contributed by atoms with Gasteiger partial charge in [-0.15, -0.1) is 6.42 Å². The molecule has 0 saturated heterocycles. The number of allylic oxidation sites excluding steroid dienone is 4. The van der Waals surface area contributed by atoms with Crippen molar-refractivity contribution < 1.29 is 14.3 Å². The van der Waals surface area contributed by atoms with Crippen molar-refractivity contribution in [3.8, 4) is 12.3 Å². The Morgan fingerprint density at radius 2 is 2.11 bits per heavy atom. The van der Waals surface area contributed by atoms with E-state index in [2.05, 4.69) is 31.9 Å². The molecule has 27 heavy (non-hydrogen) atoms. The summed E-state index contributed by atoms with van der Waals surface area (Å²) < 4.78 is 11.6. The Morgan fingerprint density at radius 3 is 2.81 bits per heavy atom. The molecule has 0 aliphatic heterocycles. The Bertz CT molecular complexity index is 726. The number of ether oxygens (including phenoxy) is 2.